The van der Waals surface area contributed by atoms with Gasteiger partial charge < -0.3 is 14.9 Å². The highest BCUT2D eigenvalue weighted by Crippen LogP contribution is 2.28. The molecule has 0 aliphatic rings. The molecule has 1 aromatic heterocycles. The van der Waals surface area contributed by atoms with Crippen LogP contribution >= 0.6 is 0 Å². The van der Waals surface area contributed by atoms with E-state index in [1.54, 1.807) is 30.3 Å². The Morgan fingerprint density at radius 2 is 1.87 bits per heavy atom. The van der Waals surface area contributed by atoms with Crippen LogP contribution in [0.2, 0.25) is 0 Å². The summed E-state index contributed by atoms with van der Waals surface area (Å²) < 4.78 is 5.37. The van der Waals surface area contributed by atoms with Gasteiger partial charge in [0.05, 0.1) is 12.3 Å². The average Bonchev–Trinajstić information content (AvgIpc) is 2.56. The van der Waals surface area contributed by atoms with Gasteiger partial charge in [-0.25, -0.2) is 4.98 Å². The number of hydrogen-bond acceptors (Lipinski definition) is 4. The van der Waals surface area contributed by atoms with Crippen molar-refractivity contribution in [2.75, 3.05) is 6.61 Å². The standard InChI is InChI=1S/C19H17NO3/c1-2-23-18-12-13(7-11-16(18)21)6-9-15-10-8-14-4-3-5-17(22)19(14)20-15/h3-12,21-22H,2H2,1H3. The Bertz CT molecular complexity index is 872. The van der Waals surface area contributed by atoms with Gasteiger partial charge in [0.2, 0.25) is 0 Å². The molecule has 0 saturated heterocycles. The molecular formula is C19H17NO3. The molecule has 4 nitrogen and oxygen atoms in total. The van der Waals surface area contributed by atoms with Crippen LogP contribution in [0.1, 0.15) is 18.2 Å². The minimum atomic E-state index is 0.123. The van der Waals surface area contributed by atoms with Crippen LogP contribution in [0.4, 0.5) is 0 Å². The largest absolute Gasteiger partial charge is 0.506 e. The number of aromatic nitrogens is 1. The van der Waals surface area contributed by atoms with Crippen molar-refractivity contribution in [3.05, 3.63) is 59.8 Å². The molecule has 2 aromatic carbocycles. The van der Waals surface area contributed by atoms with Crippen molar-refractivity contribution in [1.82, 2.24) is 4.98 Å². The summed E-state index contributed by atoms with van der Waals surface area (Å²) in [5.41, 5.74) is 2.21. The van der Waals surface area contributed by atoms with E-state index in [1.165, 1.54) is 0 Å². The Hall–Kier alpha value is -3.01. The third-order valence-electron chi connectivity index (χ3n) is 3.45. The number of phenolic OH excluding ortho intramolecular Hbond substituents is 2. The van der Waals surface area contributed by atoms with E-state index in [2.05, 4.69) is 4.98 Å². The fraction of sp³-hybridized carbons (Fsp3) is 0.105. The number of nitrogens with zero attached hydrogens (tertiary/aromatic N) is 1. The predicted molar refractivity (Wildman–Crippen MR) is 91.6 cm³/mol. The average molecular weight is 307 g/mol. The summed E-state index contributed by atoms with van der Waals surface area (Å²) in [6, 6.07) is 14.3. The second kappa shape index (κ2) is 6.40. The molecule has 116 valence electrons. The minimum Gasteiger partial charge on any atom is -0.506 e. The van der Waals surface area contributed by atoms with E-state index in [9.17, 15) is 10.2 Å². The lowest BCUT2D eigenvalue weighted by Crippen LogP contribution is -1.92. The molecule has 0 radical (unpaired) electrons. The number of rotatable bonds is 4. The van der Waals surface area contributed by atoms with Crippen LogP contribution in [0, 0.1) is 0 Å². The van der Waals surface area contributed by atoms with Gasteiger partial charge in [-0.05, 0) is 42.8 Å². The Kier molecular flexibility index (Phi) is 4.15. The Morgan fingerprint density at radius 1 is 1.00 bits per heavy atom. The molecule has 3 aromatic rings. The van der Waals surface area contributed by atoms with E-state index in [4.69, 9.17) is 4.74 Å². The molecule has 0 amide bonds. The van der Waals surface area contributed by atoms with Crippen LogP contribution < -0.4 is 4.74 Å². The number of phenols is 2. The van der Waals surface area contributed by atoms with Gasteiger partial charge in [-0.3, -0.25) is 0 Å². The number of aromatic hydroxyl groups is 2. The lowest BCUT2D eigenvalue weighted by Gasteiger charge is -2.06. The van der Waals surface area contributed by atoms with Gasteiger partial charge in [-0.15, -0.1) is 0 Å². The van der Waals surface area contributed by atoms with Gasteiger partial charge >= 0.3 is 0 Å². The zero-order chi connectivity index (χ0) is 16.2. The minimum absolute atomic E-state index is 0.123. The molecule has 0 saturated carbocycles. The highest BCUT2D eigenvalue weighted by Gasteiger charge is 2.03. The van der Waals surface area contributed by atoms with Crippen LogP contribution in [0.5, 0.6) is 17.2 Å². The fourth-order valence-electron chi connectivity index (χ4n) is 2.33. The maximum absolute atomic E-state index is 9.88. The molecule has 2 N–H and O–H groups in total. The van der Waals surface area contributed by atoms with E-state index in [0.717, 1.165) is 16.6 Å². The van der Waals surface area contributed by atoms with E-state index < -0.39 is 0 Å². The first-order valence-electron chi connectivity index (χ1n) is 7.40. The summed E-state index contributed by atoms with van der Waals surface area (Å²) in [5, 5.41) is 20.5. The number of ether oxygens (including phenoxy) is 1. The highest BCUT2D eigenvalue weighted by atomic mass is 16.5. The zero-order valence-electron chi connectivity index (χ0n) is 12.7. The van der Waals surface area contributed by atoms with Crippen molar-refractivity contribution < 1.29 is 14.9 Å². The van der Waals surface area contributed by atoms with Crippen molar-refractivity contribution in [1.29, 1.82) is 0 Å². The first kappa shape index (κ1) is 14.9. The molecule has 0 aliphatic carbocycles. The molecule has 1 heterocycles. The maximum Gasteiger partial charge on any atom is 0.161 e. The molecule has 0 bridgehead atoms. The van der Waals surface area contributed by atoms with E-state index in [0.29, 0.717) is 17.9 Å². The second-order valence-electron chi connectivity index (χ2n) is 5.08. The van der Waals surface area contributed by atoms with Crippen LogP contribution in [-0.4, -0.2) is 21.8 Å². The van der Waals surface area contributed by atoms with E-state index in [1.807, 2.05) is 37.3 Å². The maximum atomic E-state index is 9.88. The van der Waals surface area contributed by atoms with E-state index >= 15 is 0 Å². The summed E-state index contributed by atoms with van der Waals surface area (Å²) in [5.74, 6) is 0.748. The summed E-state index contributed by atoms with van der Waals surface area (Å²) in [6.07, 6.45) is 3.74. The monoisotopic (exact) mass is 307 g/mol. The molecule has 0 atom stereocenters. The first-order valence-corrected chi connectivity index (χ1v) is 7.40. The Labute approximate surface area is 134 Å². The molecule has 4 heteroatoms. The Morgan fingerprint density at radius 3 is 2.70 bits per heavy atom. The van der Waals surface area contributed by atoms with Gasteiger partial charge in [-0.2, -0.15) is 0 Å². The number of hydrogen-bond donors (Lipinski definition) is 2. The molecule has 0 aliphatic heterocycles. The molecule has 3 rings (SSSR count). The summed E-state index contributed by atoms with van der Waals surface area (Å²) in [7, 11) is 0. The number of fused-ring (bicyclic) bond motifs is 1. The second-order valence-corrected chi connectivity index (χ2v) is 5.08. The lowest BCUT2D eigenvalue weighted by atomic mass is 10.1. The predicted octanol–water partition coefficient (Wildman–Crippen LogP) is 4.22. The van der Waals surface area contributed by atoms with Gasteiger partial charge in [0.15, 0.2) is 11.5 Å². The molecule has 23 heavy (non-hydrogen) atoms. The van der Waals surface area contributed by atoms with Crippen LogP contribution in [0.25, 0.3) is 23.1 Å². The summed E-state index contributed by atoms with van der Waals surface area (Å²) in [4.78, 5) is 4.45. The van der Waals surface area contributed by atoms with Gasteiger partial charge in [-0.1, -0.05) is 30.3 Å². The zero-order valence-corrected chi connectivity index (χ0v) is 12.7. The number of benzene rings is 2. The SMILES string of the molecule is CCOc1cc(C=Cc2ccc3cccc(O)c3n2)ccc1O. The van der Waals surface area contributed by atoms with E-state index in [-0.39, 0.29) is 11.5 Å². The van der Waals surface area contributed by atoms with Crippen molar-refractivity contribution in [2.45, 2.75) is 6.92 Å². The third kappa shape index (κ3) is 3.26. The lowest BCUT2D eigenvalue weighted by molar-refractivity contribution is 0.318. The smallest absolute Gasteiger partial charge is 0.161 e. The topological polar surface area (TPSA) is 62.6 Å². The molecular weight excluding hydrogens is 290 g/mol. The summed E-state index contributed by atoms with van der Waals surface area (Å²) in [6.45, 7) is 2.36. The number of pyridine rings is 1. The van der Waals surface area contributed by atoms with Gasteiger partial charge in [0.1, 0.15) is 11.3 Å². The molecule has 0 unspecified atom stereocenters. The summed E-state index contributed by atoms with van der Waals surface area (Å²) >= 11 is 0. The van der Waals surface area contributed by atoms with Crippen LogP contribution in [0.3, 0.4) is 0 Å². The third-order valence-corrected chi connectivity index (χ3v) is 3.45. The van der Waals surface area contributed by atoms with Crippen molar-refractivity contribution in [2.24, 2.45) is 0 Å². The van der Waals surface area contributed by atoms with Crippen molar-refractivity contribution in [3.8, 4) is 17.2 Å². The Balaban J connectivity index is 1.91. The quantitative estimate of drug-likeness (QED) is 0.757. The first-order chi connectivity index (χ1) is 11.2. The normalized spacial score (nSPS) is 11.2. The number of para-hydroxylation sites is 1. The highest BCUT2D eigenvalue weighted by molar-refractivity contribution is 5.85. The molecule has 0 spiro atoms. The fourth-order valence-corrected chi connectivity index (χ4v) is 2.33. The van der Waals surface area contributed by atoms with Crippen LogP contribution in [-0.2, 0) is 0 Å². The van der Waals surface area contributed by atoms with Gasteiger partial charge in [0.25, 0.3) is 0 Å². The van der Waals surface area contributed by atoms with Gasteiger partial charge in [0, 0.05) is 5.39 Å². The molecule has 0 fully saturated rings. The van der Waals surface area contributed by atoms with Crippen LogP contribution in [0.15, 0.2) is 48.5 Å². The van der Waals surface area contributed by atoms with Crippen molar-refractivity contribution >= 4 is 23.1 Å². The van der Waals surface area contributed by atoms with Crippen molar-refractivity contribution in [3.63, 3.8) is 0 Å².